The average molecular weight is 343 g/mol. The molecule has 0 saturated carbocycles. The van der Waals surface area contributed by atoms with Gasteiger partial charge in [-0.15, -0.1) is 0 Å². The highest BCUT2D eigenvalue weighted by Crippen LogP contribution is 2.45. The molecule has 1 aromatic carbocycles. The predicted octanol–water partition coefficient (Wildman–Crippen LogP) is 3.86. The van der Waals surface area contributed by atoms with Crippen molar-refractivity contribution in [3.63, 3.8) is 0 Å². The van der Waals surface area contributed by atoms with Crippen molar-refractivity contribution >= 4 is 38.4 Å². The Morgan fingerprint density at radius 1 is 1.32 bits per heavy atom. The number of benzene rings is 1. The summed E-state index contributed by atoms with van der Waals surface area (Å²) < 4.78 is 5.97. The predicted molar refractivity (Wildman–Crippen MR) is 79.1 cm³/mol. The molecule has 1 N–H and O–H groups in total. The molecule has 3 nitrogen and oxygen atoms in total. The van der Waals surface area contributed by atoms with E-state index < -0.39 is 11.7 Å². The second-order valence-electron chi connectivity index (χ2n) is 5.23. The first-order valence-corrected chi connectivity index (χ1v) is 7.30. The van der Waals surface area contributed by atoms with Crippen molar-refractivity contribution in [2.24, 2.45) is 0 Å². The minimum Gasteiger partial charge on any atom is -0.486 e. The van der Waals surface area contributed by atoms with Gasteiger partial charge in [0.05, 0.1) is 16.4 Å². The first-order valence-electron chi connectivity index (χ1n) is 6.00. The third-order valence-corrected chi connectivity index (χ3v) is 5.26. The molecule has 19 heavy (non-hydrogen) atoms. The molecule has 100 valence electrons. The number of rotatable bonds is 0. The lowest BCUT2D eigenvalue weighted by molar-refractivity contribution is 0.0236. The zero-order chi connectivity index (χ0) is 13.8. The molecule has 0 spiro atoms. The molecular formula is C14H13BrClNO2. The van der Waals surface area contributed by atoms with E-state index in [2.05, 4.69) is 20.9 Å². The quantitative estimate of drug-likeness (QED) is 0.584. The van der Waals surface area contributed by atoms with Crippen molar-refractivity contribution in [3.8, 4) is 5.75 Å². The van der Waals surface area contributed by atoms with Gasteiger partial charge in [-0.3, -0.25) is 0 Å². The number of aromatic nitrogens is 1. The SMILES string of the molecule is CC1(C)Oc2ccc3nc(Cl)ccc3c2C(O)C1Br. The second-order valence-corrected chi connectivity index (χ2v) is 6.60. The van der Waals surface area contributed by atoms with Gasteiger partial charge in [-0.25, -0.2) is 4.98 Å². The molecular weight excluding hydrogens is 330 g/mol. The van der Waals surface area contributed by atoms with Gasteiger partial charge in [-0.1, -0.05) is 27.5 Å². The molecule has 0 radical (unpaired) electrons. The van der Waals surface area contributed by atoms with E-state index in [1.807, 2.05) is 32.0 Å². The number of hydrogen-bond acceptors (Lipinski definition) is 3. The Balaban J connectivity index is 2.28. The van der Waals surface area contributed by atoms with Crippen LogP contribution in [0.4, 0.5) is 0 Å². The Morgan fingerprint density at radius 2 is 2.05 bits per heavy atom. The molecule has 0 amide bonds. The molecule has 3 rings (SSSR count). The maximum Gasteiger partial charge on any atom is 0.129 e. The zero-order valence-electron chi connectivity index (χ0n) is 10.5. The van der Waals surface area contributed by atoms with E-state index >= 15 is 0 Å². The number of fused-ring (bicyclic) bond motifs is 3. The summed E-state index contributed by atoms with van der Waals surface area (Å²) in [7, 11) is 0. The number of nitrogens with zero attached hydrogens (tertiary/aromatic N) is 1. The average Bonchev–Trinajstić information content (AvgIpc) is 2.35. The van der Waals surface area contributed by atoms with Gasteiger partial charge in [0.2, 0.25) is 0 Å². The molecule has 1 aliphatic heterocycles. The van der Waals surface area contributed by atoms with Gasteiger partial charge in [0, 0.05) is 10.9 Å². The summed E-state index contributed by atoms with van der Waals surface area (Å²) in [6, 6.07) is 7.29. The van der Waals surface area contributed by atoms with Crippen LogP contribution in [-0.2, 0) is 0 Å². The van der Waals surface area contributed by atoms with Crippen LogP contribution < -0.4 is 4.74 Å². The van der Waals surface area contributed by atoms with Gasteiger partial charge in [-0.05, 0) is 38.1 Å². The van der Waals surface area contributed by atoms with Gasteiger partial charge < -0.3 is 9.84 Å². The summed E-state index contributed by atoms with van der Waals surface area (Å²) in [6.07, 6.45) is -0.648. The van der Waals surface area contributed by atoms with E-state index in [-0.39, 0.29) is 4.83 Å². The van der Waals surface area contributed by atoms with Crippen LogP contribution in [0.5, 0.6) is 5.75 Å². The fourth-order valence-electron chi connectivity index (χ4n) is 2.44. The highest BCUT2D eigenvalue weighted by Gasteiger charge is 2.42. The fourth-order valence-corrected chi connectivity index (χ4v) is 2.95. The van der Waals surface area contributed by atoms with E-state index in [9.17, 15) is 5.11 Å². The third kappa shape index (κ3) is 2.02. The standard InChI is InChI=1S/C14H13BrClNO2/c1-14(2)13(15)12(18)11-7-3-6-10(16)17-8(7)4-5-9(11)19-14/h3-6,12-13,18H,1-2H3. The molecule has 0 bridgehead atoms. The number of alkyl halides is 1. The van der Waals surface area contributed by atoms with Crippen LogP contribution in [0.1, 0.15) is 25.5 Å². The van der Waals surface area contributed by atoms with Gasteiger partial charge in [-0.2, -0.15) is 0 Å². The smallest absolute Gasteiger partial charge is 0.129 e. The van der Waals surface area contributed by atoms with Crippen LogP contribution >= 0.6 is 27.5 Å². The largest absolute Gasteiger partial charge is 0.486 e. The van der Waals surface area contributed by atoms with Crippen LogP contribution in [-0.4, -0.2) is 20.5 Å². The zero-order valence-corrected chi connectivity index (χ0v) is 12.9. The number of ether oxygens (including phenoxy) is 1. The molecule has 0 saturated heterocycles. The van der Waals surface area contributed by atoms with Crippen molar-refractivity contribution < 1.29 is 9.84 Å². The molecule has 2 unspecified atom stereocenters. The van der Waals surface area contributed by atoms with Crippen LogP contribution in [0.2, 0.25) is 5.15 Å². The van der Waals surface area contributed by atoms with Crippen molar-refractivity contribution in [2.45, 2.75) is 30.4 Å². The van der Waals surface area contributed by atoms with E-state index in [4.69, 9.17) is 16.3 Å². The Bertz CT molecular complexity index is 659. The Labute approximate surface area is 124 Å². The fraction of sp³-hybridized carbons (Fsp3) is 0.357. The minimum atomic E-state index is -0.648. The third-order valence-electron chi connectivity index (χ3n) is 3.45. The summed E-state index contributed by atoms with van der Waals surface area (Å²) in [5, 5.41) is 11.9. The minimum absolute atomic E-state index is 0.186. The maximum absolute atomic E-state index is 10.5. The monoisotopic (exact) mass is 341 g/mol. The van der Waals surface area contributed by atoms with E-state index in [0.29, 0.717) is 10.9 Å². The number of pyridine rings is 1. The van der Waals surface area contributed by atoms with E-state index in [0.717, 1.165) is 16.5 Å². The maximum atomic E-state index is 10.5. The van der Waals surface area contributed by atoms with Crippen molar-refractivity contribution in [2.75, 3.05) is 0 Å². The van der Waals surface area contributed by atoms with Crippen molar-refractivity contribution in [3.05, 3.63) is 35.0 Å². The van der Waals surface area contributed by atoms with Gasteiger partial charge in [0.25, 0.3) is 0 Å². The molecule has 1 aromatic heterocycles. The van der Waals surface area contributed by atoms with Crippen LogP contribution in [0.3, 0.4) is 0 Å². The summed E-state index contributed by atoms with van der Waals surface area (Å²) in [6.45, 7) is 3.89. The summed E-state index contributed by atoms with van der Waals surface area (Å²) in [5.41, 5.74) is 1.05. The lowest BCUT2D eigenvalue weighted by Crippen LogP contribution is -2.45. The lowest BCUT2D eigenvalue weighted by atomic mass is 9.89. The number of hydrogen-bond donors (Lipinski definition) is 1. The van der Waals surface area contributed by atoms with Gasteiger partial charge in [0.1, 0.15) is 16.5 Å². The first-order chi connectivity index (χ1) is 8.90. The number of aliphatic hydroxyl groups is 1. The Morgan fingerprint density at radius 3 is 2.79 bits per heavy atom. The number of aliphatic hydroxyl groups excluding tert-OH is 1. The van der Waals surface area contributed by atoms with Gasteiger partial charge >= 0.3 is 0 Å². The van der Waals surface area contributed by atoms with E-state index in [1.165, 1.54) is 0 Å². The van der Waals surface area contributed by atoms with Crippen LogP contribution in [0.15, 0.2) is 24.3 Å². The van der Waals surface area contributed by atoms with Gasteiger partial charge in [0.15, 0.2) is 0 Å². The molecule has 5 heteroatoms. The van der Waals surface area contributed by atoms with Crippen LogP contribution in [0, 0.1) is 0 Å². The van der Waals surface area contributed by atoms with Crippen molar-refractivity contribution in [1.29, 1.82) is 0 Å². The molecule has 2 atom stereocenters. The summed E-state index contributed by atoms with van der Waals surface area (Å²) in [5.74, 6) is 0.699. The Kier molecular flexibility index (Phi) is 3.00. The molecule has 2 heterocycles. The van der Waals surface area contributed by atoms with Crippen molar-refractivity contribution in [1.82, 2.24) is 4.98 Å². The summed E-state index contributed by atoms with van der Waals surface area (Å²) in [4.78, 5) is 4.08. The number of halogens is 2. The first kappa shape index (κ1) is 13.2. The molecule has 0 aliphatic carbocycles. The highest BCUT2D eigenvalue weighted by atomic mass is 79.9. The molecule has 0 fully saturated rings. The Hall–Kier alpha value is -0.840. The topological polar surface area (TPSA) is 42.4 Å². The normalized spacial score (nSPS) is 24.9. The summed E-state index contributed by atoms with van der Waals surface area (Å²) >= 11 is 9.42. The van der Waals surface area contributed by atoms with E-state index in [1.54, 1.807) is 6.07 Å². The molecule has 1 aliphatic rings. The second kappa shape index (κ2) is 4.33. The highest BCUT2D eigenvalue weighted by molar-refractivity contribution is 9.09. The lowest BCUT2D eigenvalue weighted by Gasteiger charge is -2.40. The van der Waals surface area contributed by atoms with Crippen LogP contribution in [0.25, 0.3) is 10.9 Å². The molecule has 2 aromatic rings.